The molecule has 266 valence electrons. The second kappa shape index (κ2) is 35.1. The third-order valence-corrected chi connectivity index (χ3v) is 6.24. The van der Waals surface area contributed by atoms with Gasteiger partial charge >= 0.3 is 0 Å². The molecule has 0 radical (unpaired) electrons. The van der Waals surface area contributed by atoms with Gasteiger partial charge in [-0.1, -0.05) is 116 Å². The number of thiol groups is 1. The Bertz CT molecular complexity index is 968. The molecule has 1 aliphatic carbocycles. The molecule has 1 saturated heterocycles. The van der Waals surface area contributed by atoms with Crippen molar-refractivity contribution in [1.82, 2.24) is 24.5 Å². The van der Waals surface area contributed by atoms with Crippen molar-refractivity contribution in [3.8, 4) is 0 Å². The van der Waals surface area contributed by atoms with Crippen LogP contribution >= 0.6 is 12.8 Å². The molecule has 3 rings (SSSR count). The molecule has 1 aromatic rings. The molecule has 46 heavy (non-hydrogen) atoms. The van der Waals surface area contributed by atoms with Gasteiger partial charge in [0.05, 0.1) is 6.04 Å². The van der Waals surface area contributed by atoms with E-state index in [0.29, 0.717) is 5.95 Å². The van der Waals surface area contributed by atoms with Crippen LogP contribution in [0, 0.1) is 6.92 Å². The largest absolute Gasteiger partial charge is 0.373 e. The third kappa shape index (κ3) is 28.6. The van der Waals surface area contributed by atoms with Crippen molar-refractivity contribution < 1.29 is 0 Å². The van der Waals surface area contributed by atoms with E-state index in [2.05, 4.69) is 132 Å². The Hall–Kier alpha value is -2.81. The van der Waals surface area contributed by atoms with Gasteiger partial charge in [-0.25, -0.2) is 4.98 Å². The zero-order valence-corrected chi connectivity index (χ0v) is 33.3. The summed E-state index contributed by atoms with van der Waals surface area (Å²) in [6.07, 6.45) is 23.5. The van der Waals surface area contributed by atoms with Gasteiger partial charge in [-0.3, -0.25) is 4.72 Å². The normalized spacial score (nSPS) is 15.2. The Labute approximate surface area is 292 Å². The van der Waals surface area contributed by atoms with E-state index >= 15 is 0 Å². The van der Waals surface area contributed by atoms with Gasteiger partial charge in [0, 0.05) is 56.2 Å². The SMILES string of the molecule is C/C=C\CC.C=C/C=C\C.CC.CC.CC.CC(C)(C)NS.CNc1nc(NC2C=CC=C(N3CCN(C)CC3)C=C2)ncc1C. The minimum atomic E-state index is 0.0821. The van der Waals surface area contributed by atoms with Crippen molar-refractivity contribution >= 4 is 24.6 Å². The van der Waals surface area contributed by atoms with Gasteiger partial charge in [0.15, 0.2) is 0 Å². The molecule has 0 aromatic carbocycles. The van der Waals surface area contributed by atoms with Crippen LogP contribution in [0.25, 0.3) is 0 Å². The highest BCUT2D eigenvalue weighted by atomic mass is 32.1. The van der Waals surface area contributed by atoms with Crippen LogP contribution in [-0.4, -0.2) is 71.6 Å². The predicted octanol–water partition coefficient (Wildman–Crippen LogP) is 9.88. The average molecular weight is 660 g/mol. The second-order valence-electron chi connectivity index (χ2n) is 10.4. The van der Waals surface area contributed by atoms with E-state index in [1.165, 1.54) is 5.70 Å². The quantitative estimate of drug-likeness (QED) is 0.138. The number of likely N-dealkylation sites (N-methyl/N-ethyl adjacent to an activating group) is 1. The summed E-state index contributed by atoms with van der Waals surface area (Å²) in [4.78, 5) is 13.7. The van der Waals surface area contributed by atoms with Crippen LogP contribution in [0.15, 0.2) is 79.2 Å². The number of piperazine rings is 1. The molecule has 1 fully saturated rings. The minimum absolute atomic E-state index is 0.0821. The van der Waals surface area contributed by atoms with E-state index in [0.717, 1.165) is 44.0 Å². The van der Waals surface area contributed by atoms with Crippen LogP contribution in [0.3, 0.4) is 0 Å². The molecule has 1 unspecified atom stereocenters. The number of hydrogen-bond acceptors (Lipinski definition) is 8. The lowest BCUT2D eigenvalue weighted by Gasteiger charge is -2.34. The topological polar surface area (TPSA) is 68.4 Å². The molecule has 1 aromatic heterocycles. The van der Waals surface area contributed by atoms with Crippen molar-refractivity contribution in [3.05, 3.63) is 84.8 Å². The van der Waals surface area contributed by atoms with Crippen LogP contribution in [0.4, 0.5) is 11.8 Å². The first kappa shape index (κ1) is 50.1. The van der Waals surface area contributed by atoms with Crippen molar-refractivity contribution in [2.24, 2.45) is 0 Å². The molecule has 8 heteroatoms. The third-order valence-electron chi connectivity index (χ3n) is 5.57. The fraction of sp³-hybridized carbons (Fsp3) is 0.579. The highest BCUT2D eigenvalue weighted by Crippen LogP contribution is 2.16. The zero-order chi connectivity index (χ0) is 36.4. The summed E-state index contributed by atoms with van der Waals surface area (Å²) >= 11 is 3.85. The lowest BCUT2D eigenvalue weighted by atomic mass is 10.1. The Kier molecular flexibility index (Phi) is 38.1. The van der Waals surface area contributed by atoms with Crippen molar-refractivity contribution in [2.75, 3.05) is 50.9 Å². The Morgan fingerprint density at radius 1 is 1.00 bits per heavy atom. The van der Waals surface area contributed by atoms with Gasteiger partial charge in [0.1, 0.15) is 5.82 Å². The Morgan fingerprint density at radius 2 is 1.57 bits per heavy atom. The van der Waals surface area contributed by atoms with Crippen LogP contribution in [0.1, 0.15) is 95.1 Å². The molecular weight excluding hydrogens is 587 g/mol. The van der Waals surface area contributed by atoms with E-state index < -0.39 is 0 Å². The maximum Gasteiger partial charge on any atom is 0.225 e. The van der Waals surface area contributed by atoms with Crippen LogP contribution in [-0.2, 0) is 0 Å². The molecule has 2 heterocycles. The molecule has 7 nitrogen and oxygen atoms in total. The van der Waals surface area contributed by atoms with E-state index in [4.69, 9.17) is 0 Å². The van der Waals surface area contributed by atoms with Gasteiger partial charge < -0.3 is 20.4 Å². The molecule has 1 aliphatic heterocycles. The number of anilines is 2. The van der Waals surface area contributed by atoms with Crippen molar-refractivity contribution in [2.45, 2.75) is 108 Å². The summed E-state index contributed by atoms with van der Waals surface area (Å²) < 4.78 is 2.80. The zero-order valence-electron chi connectivity index (χ0n) is 32.4. The average Bonchev–Trinajstić information content (AvgIpc) is 3.32. The molecule has 0 saturated carbocycles. The fourth-order valence-electron chi connectivity index (χ4n) is 3.25. The molecular formula is C38H73N7S. The fourth-order valence-corrected chi connectivity index (χ4v) is 3.25. The summed E-state index contributed by atoms with van der Waals surface area (Å²) in [7, 11) is 4.05. The van der Waals surface area contributed by atoms with Gasteiger partial charge in [-0.2, -0.15) is 4.98 Å². The second-order valence-corrected chi connectivity index (χ2v) is 10.6. The van der Waals surface area contributed by atoms with E-state index in [1.807, 2.05) is 87.7 Å². The number of allylic oxidation sites excluding steroid dienone is 8. The number of nitrogens with zero attached hydrogens (tertiary/aromatic N) is 4. The first-order chi connectivity index (χ1) is 22.0. The summed E-state index contributed by atoms with van der Waals surface area (Å²) in [5.41, 5.74) is 2.46. The van der Waals surface area contributed by atoms with Crippen molar-refractivity contribution in [1.29, 1.82) is 0 Å². The maximum absolute atomic E-state index is 4.50. The van der Waals surface area contributed by atoms with Gasteiger partial charge in [0.2, 0.25) is 5.95 Å². The molecule has 3 N–H and O–H groups in total. The summed E-state index contributed by atoms with van der Waals surface area (Å²) in [5, 5.41) is 6.45. The number of aromatic nitrogens is 2. The number of nitrogens with one attached hydrogen (secondary N) is 3. The first-order valence-electron chi connectivity index (χ1n) is 17.1. The minimum Gasteiger partial charge on any atom is -0.373 e. The van der Waals surface area contributed by atoms with Crippen LogP contribution in [0.5, 0.6) is 0 Å². The monoisotopic (exact) mass is 660 g/mol. The smallest absolute Gasteiger partial charge is 0.225 e. The Morgan fingerprint density at radius 3 is 1.96 bits per heavy atom. The van der Waals surface area contributed by atoms with Crippen LogP contribution < -0.4 is 15.4 Å². The molecule has 0 amide bonds. The Balaban J connectivity index is -0.000000330. The molecule has 0 bridgehead atoms. The summed E-state index contributed by atoms with van der Waals surface area (Å²) in [6, 6.07) is 0.0821. The van der Waals surface area contributed by atoms with E-state index in [-0.39, 0.29) is 11.6 Å². The lowest BCUT2D eigenvalue weighted by molar-refractivity contribution is 0.190. The molecule has 1 atom stereocenters. The predicted molar refractivity (Wildman–Crippen MR) is 215 cm³/mol. The first-order valence-corrected chi connectivity index (χ1v) is 17.5. The van der Waals surface area contributed by atoms with E-state index in [9.17, 15) is 0 Å². The summed E-state index contributed by atoms with van der Waals surface area (Å²) in [6.45, 7) is 34.1. The van der Waals surface area contributed by atoms with Gasteiger partial charge in [0.25, 0.3) is 0 Å². The lowest BCUT2D eigenvalue weighted by Crippen LogP contribution is -2.43. The maximum atomic E-state index is 4.50. The molecule has 2 aliphatic rings. The standard InChI is InChI=1S/C18H26N6.C5H10.C5H8.C4H11NS.3C2H6/c1-14-13-20-18(22-17(14)19-2)21-15-5-4-6-16(8-7-15)24-11-9-23(3)10-12-24;2*1-3-5-4-2;1-4(2,3)5-6;3*1-2/h4-8,13,15H,9-12H2,1-3H3,(H2,19,20,21,22);3,5H,4H2,1-2H3;3-5H,1H2,2H3;5-6H,1-3H3;3*1-2H3/b;5-3-;5-4-;;;;. The van der Waals surface area contributed by atoms with Crippen molar-refractivity contribution in [3.63, 3.8) is 0 Å². The van der Waals surface area contributed by atoms with Gasteiger partial charge in [-0.15, -0.1) is 0 Å². The number of hydrogen-bond donors (Lipinski definition) is 4. The molecule has 0 spiro atoms. The van der Waals surface area contributed by atoms with Gasteiger partial charge in [-0.05, 0) is 67.2 Å². The highest BCUT2D eigenvalue weighted by Gasteiger charge is 2.16. The number of rotatable bonds is 6. The van der Waals surface area contributed by atoms with E-state index in [1.54, 1.807) is 6.08 Å². The summed E-state index contributed by atoms with van der Waals surface area (Å²) in [5.74, 6) is 1.48. The number of aryl methyl sites for hydroxylation is 1. The van der Waals surface area contributed by atoms with Crippen LogP contribution in [0.2, 0.25) is 0 Å². The highest BCUT2D eigenvalue weighted by molar-refractivity contribution is 7.78.